The van der Waals surface area contributed by atoms with E-state index in [2.05, 4.69) is 9.97 Å². The predicted molar refractivity (Wildman–Crippen MR) is 50.0 cm³/mol. The summed E-state index contributed by atoms with van der Waals surface area (Å²) in [6, 6.07) is 1.88. The minimum atomic E-state index is 0.447. The van der Waals surface area contributed by atoms with Crippen LogP contribution in [0.5, 0.6) is 0 Å². The Morgan fingerprint density at radius 3 is 2.85 bits per heavy atom. The SMILES string of the molecule is CCOCc1nc(C)cc(CN)n1. The summed E-state index contributed by atoms with van der Waals surface area (Å²) in [5.41, 5.74) is 7.28. The summed E-state index contributed by atoms with van der Waals surface area (Å²) in [6.45, 7) is 5.46. The number of ether oxygens (including phenoxy) is 1. The van der Waals surface area contributed by atoms with Crippen LogP contribution in [-0.4, -0.2) is 16.6 Å². The molecular formula is C9H15N3O. The second kappa shape index (κ2) is 4.89. The molecule has 0 radical (unpaired) electrons. The van der Waals surface area contributed by atoms with Gasteiger partial charge in [-0.2, -0.15) is 0 Å². The second-order valence-corrected chi connectivity index (χ2v) is 2.76. The van der Waals surface area contributed by atoms with E-state index in [1.807, 2.05) is 19.9 Å². The van der Waals surface area contributed by atoms with E-state index in [-0.39, 0.29) is 0 Å². The van der Waals surface area contributed by atoms with Gasteiger partial charge in [-0.05, 0) is 19.9 Å². The lowest BCUT2D eigenvalue weighted by Crippen LogP contribution is -2.07. The summed E-state index contributed by atoms with van der Waals surface area (Å²) in [4.78, 5) is 8.46. The van der Waals surface area contributed by atoms with Crippen molar-refractivity contribution in [1.82, 2.24) is 9.97 Å². The molecule has 0 unspecified atom stereocenters. The third-order valence-corrected chi connectivity index (χ3v) is 1.60. The van der Waals surface area contributed by atoms with Crippen LogP contribution in [0.1, 0.15) is 24.1 Å². The molecule has 0 amide bonds. The molecule has 0 saturated carbocycles. The van der Waals surface area contributed by atoms with Crippen molar-refractivity contribution in [3.8, 4) is 0 Å². The molecule has 4 heteroatoms. The van der Waals surface area contributed by atoms with Crippen molar-refractivity contribution in [2.24, 2.45) is 5.73 Å². The van der Waals surface area contributed by atoms with Crippen molar-refractivity contribution in [3.05, 3.63) is 23.3 Å². The van der Waals surface area contributed by atoms with Gasteiger partial charge in [0.2, 0.25) is 0 Å². The minimum Gasteiger partial charge on any atom is -0.374 e. The van der Waals surface area contributed by atoms with E-state index in [0.29, 0.717) is 25.6 Å². The van der Waals surface area contributed by atoms with Gasteiger partial charge in [-0.1, -0.05) is 0 Å². The van der Waals surface area contributed by atoms with Crippen molar-refractivity contribution in [2.75, 3.05) is 6.61 Å². The van der Waals surface area contributed by atoms with Crippen LogP contribution in [-0.2, 0) is 17.9 Å². The lowest BCUT2D eigenvalue weighted by atomic mass is 10.3. The summed E-state index contributed by atoms with van der Waals surface area (Å²) in [5, 5.41) is 0. The standard InChI is InChI=1S/C9H15N3O/c1-3-13-6-9-11-7(2)4-8(5-10)12-9/h4H,3,5-6,10H2,1-2H3. The Bertz CT molecular complexity index is 276. The summed E-state index contributed by atoms with van der Waals surface area (Å²) < 4.78 is 5.21. The summed E-state index contributed by atoms with van der Waals surface area (Å²) in [7, 11) is 0. The molecule has 0 aromatic carbocycles. The number of aromatic nitrogens is 2. The van der Waals surface area contributed by atoms with Crippen molar-refractivity contribution in [2.45, 2.75) is 27.0 Å². The van der Waals surface area contributed by atoms with Gasteiger partial charge in [-0.25, -0.2) is 9.97 Å². The van der Waals surface area contributed by atoms with Gasteiger partial charge in [0.1, 0.15) is 6.61 Å². The third-order valence-electron chi connectivity index (χ3n) is 1.60. The van der Waals surface area contributed by atoms with Gasteiger partial charge in [-0.3, -0.25) is 0 Å². The van der Waals surface area contributed by atoms with Gasteiger partial charge < -0.3 is 10.5 Å². The molecule has 1 rings (SSSR count). The Kier molecular flexibility index (Phi) is 3.79. The topological polar surface area (TPSA) is 61.0 Å². The van der Waals surface area contributed by atoms with Crippen LogP contribution in [0.15, 0.2) is 6.07 Å². The Morgan fingerprint density at radius 2 is 2.23 bits per heavy atom. The van der Waals surface area contributed by atoms with Crippen molar-refractivity contribution >= 4 is 0 Å². The van der Waals surface area contributed by atoms with E-state index in [1.165, 1.54) is 0 Å². The third kappa shape index (κ3) is 3.08. The molecule has 0 aliphatic carbocycles. The molecule has 0 aliphatic heterocycles. The first-order chi connectivity index (χ1) is 6.26. The lowest BCUT2D eigenvalue weighted by Gasteiger charge is -2.03. The maximum atomic E-state index is 5.49. The second-order valence-electron chi connectivity index (χ2n) is 2.76. The number of aryl methyl sites for hydroxylation is 1. The highest BCUT2D eigenvalue weighted by Gasteiger charge is 2.00. The predicted octanol–water partition coefficient (Wildman–Crippen LogP) is 0.780. The molecule has 0 spiro atoms. The first kappa shape index (κ1) is 10.1. The summed E-state index contributed by atoms with van der Waals surface area (Å²) >= 11 is 0. The number of rotatable bonds is 4. The van der Waals surface area contributed by atoms with Crippen molar-refractivity contribution < 1.29 is 4.74 Å². The van der Waals surface area contributed by atoms with Gasteiger partial charge >= 0.3 is 0 Å². The fourth-order valence-electron chi connectivity index (χ4n) is 1.06. The van der Waals surface area contributed by atoms with Gasteiger partial charge in [0.15, 0.2) is 5.82 Å². The first-order valence-electron chi connectivity index (χ1n) is 4.37. The Hall–Kier alpha value is -1.00. The molecule has 0 bridgehead atoms. The summed E-state index contributed by atoms with van der Waals surface area (Å²) in [5.74, 6) is 0.710. The Morgan fingerprint density at radius 1 is 1.46 bits per heavy atom. The van der Waals surface area contributed by atoms with Crippen LogP contribution >= 0.6 is 0 Å². The molecule has 1 heterocycles. The van der Waals surface area contributed by atoms with Crippen LogP contribution < -0.4 is 5.73 Å². The van der Waals surface area contributed by atoms with E-state index in [1.54, 1.807) is 0 Å². The average Bonchev–Trinajstić information content (AvgIpc) is 2.14. The fourth-order valence-corrected chi connectivity index (χ4v) is 1.06. The molecule has 0 saturated heterocycles. The average molecular weight is 181 g/mol. The van der Waals surface area contributed by atoms with Crippen molar-refractivity contribution in [1.29, 1.82) is 0 Å². The Balaban J connectivity index is 2.76. The molecular weight excluding hydrogens is 166 g/mol. The molecule has 2 N–H and O–H groups in total. The van der Waals surface area contributed by atoms with E-state index < -0.39 is 0 Å². The quantitative estimate of drug-likeness (QED) is 0.745. The molecule has 1 aromatic rings. The molecule has 1 aromatic heterocycles. The highest BCUT2D eigenvalue weighted by Crippen LogP contribution is 2.01. The van der Waals surface area contributed by atoms with E-state index in [9.17, 15) is 0 Å². The minimum absolute atomic E-state index is 0.447. The zero-order valence-electron chi connectivity index (χ0n) is 8.08. The van der Waals surface area contributed by atoms with Gasteiger partial charge in [0, 0.05) is 18.8 Å². The molecule has 4 nitrogen and oxygen atoms in total. The number of hydrogen-bond acceptors (Lipinski definition) is 4. The number of nitrogens with two attached hydrogens (primary N) is 1. The highest BCUT2D eigenvalue weighted by molar-refractivity contribution is 5.09. The molecule has 0 atom stereocenters. The van der Waals surface area contributed by atoms with E-state index in [4.69, 9.17) is 10.5 Å². The number of nitrogens with zero attached hydrogens (tertiary/aromatic N) is 2. The smallest absolute Gasteiger partial charge is 0.154 e. The normalized spacial score (nSPS) is 10.4. The highest BCUT2D eigenvalue weighted by atomic mass is 16.5. The molecule has 72 valence electrons. The van der Waals surface area contributed by atoms with Crippen LogP contribution in [0.3, 0.4) is 0 Å². The fraction of sp³-hybridized carbons (Fsp3) is 0.556. The molecule has 0 aliphatic rings. The maximum Gasteiger partial charge on any atom is 0.154 e. The summed E-state index contributed by atoms with van der Waals surface area (Å²) in [6.07, 6.45) is 0. The molecule has 0 fully saturated rings. The zero-order chi connectivity index (χ0) is 9.68. The molecule has 13 heavy (non-hydrogen) atoms. The van der Waals surface area contributed by atoms with E-state index in [0.717, 1.165) is 11.4 Å². The van der Waals surface area contributed by atoms with Crippen LogP contribution in [0.2, 0.25) is 0 Å². The van der Waals surface area contributed by atoms with E-state index >= 15 is 0 Å². The number of hydrogen-bond donors (Lipinski definition) is 1. The largest absolute Gasteiger partial charge is 0.374 e. The van der Waals surface area contributed by atoms with Gasteiger partial charge in [0.05, 0.1) is 5.69 Å². The van der Waals surface area contributed by atoms with Crippen LogP contribution in [0, 0.1) is 6.92 Å². The van der Waals surface area contributed by atoms with Crippen LogP contribution in [0.25, 0.3) is 0 Å². The monoisotopic (exact) mass is 181 g/mol. The van der Waals surface area contributed by atoms with Crippen molar-refractivity contribution in [3.63, 3.8) is 0 Å². The lowest BCUT2D eigenvalue weighted by molar-refractivity contribution is 0.128. The van der Waals surface area contributed by atoms with Gasteiger partial charge in [-0.15, -0.1) is 0 Å². The van der Waals surface area contributed by atoms with Gasteiger partial charge in [0.25, 0.3) is 0 Å². The van der Waals surface area contributed by atoms with Crippen LogP contribution in [0.4, 0.5) is 0 Å². The zero-order valence-corrected chi connectivity index (χ0v) is 8.08. The Labute approximate surface area is 78.1 Å². The maximum absolute atomic E-state index is 5.49. The first-order valence-corrected chi connectivity index (χ1v) is 4.37.